The SMILES string of the molecule is CC(C(=O)O)S(=O)(=O)N(CCCN)Cc1ccccc1. The number of nitrogens with two attached hydrogens (primary N) is 1. The van der Waals surface area contributed by atoms with Crippen molar-refractivity contribution < 1.29 is 18.3 Å². The van der Waals surface area contributed by atoms with E-state index >= 15 is 0 Å². The molecule has 1 rings (SSSR count). The Morgan fingerprint density at radius 2 is 1.95 bits per heavy atom. The summed E-state index contributed by atoms with van der Waals surface area (Å²) in [5.41, 5.74) is 6.22. The lowest BCUT2D eigenvalue weighted by Crippen LogP contribution is -2.41. The normalized spacial score (nSPS) is 13.3. The van der Waals surface area contributed by atoms with E-state index in [0.29, 0.717) is 13.0 Å². The van der Waals surface area contributed by atoms with Gasteiger partial charge < -0.3 is 10.8 Å². The van der Waals surface area contributed by atoms with Gasteiger partial charge in [-0.25, -0.2) is 8.42 Å². The lowest BCUT2D eigenvalue weighted by atomic mass is 10.2. The number of carboxylic acids is 1. The van der Waals surface area contributed by atoms with E-state index in [9.17, 15) is 13.2 Å². The fraction of sp³-hybridized carbons (Fsp3) is 0.462. The van der Waals surface area contributed by atoms with Crippen LogP contribution in [0.1, 0.15) is 18.9 Å². The predicted octanol–water partition coefficient (Wildman–Crippen LogP) is 0.640. The molecule has 0 aliphatic carbocycles. The topological polar surface area (TPSA) is 101 Å². The van der Waals surface area contributed by atoms with Crippen LogP contribution in [-0.2, 0) is 21.4 Å². The van der Waals surface area contributed by atoms with Crippen LogP contribution in [0, 0.1) is 0 Å². The minimum absolute atomic E-state index is 0.154. The molecule has 0 spiro atoms. The van der Waals surface area contributed by atoms with Crippen LogP contribution in [0.25, 0.3) is 0 Å². The summed E-state index contributed by atoms with van der Waals surface area (Å²) in [7, 11) is -3.89. The van der Waals surface area contributed by atoms with E-state index in [1.54, 1.807) is 12.1 Å². The average molecular weight is 300 g/mol. The molecule has 0 saturated heterocycles. The van der Waals surface area contributed by atoms with Crippen molar-refractivity contribution in [2.24, 2.45) is 5.73 Å². The van der Waals surface area contributed by atoms with Gasteiger partial charge in [0.1, 0.15) is 0 Å². The van der Waals surface area contributed by atoms with Crippen LogP contribution in [0.3, 0.4) is 0 Å². The Morgan fingerprint density at radius 1 is 1.35 bits per heavy atom. The number of nitrogens with zero attached hydrogens (tertiary/aromatic N) is 1. The number of aliphatic carboxylic acids is 1. The fourth-order valence-electron chi connectivity index (χ4n) is 1.70. The van der Waals surface area contributed by atoms with Crippen LogP contribution < -0.4 is 5.73 Å². The van der Waals surface area contributed by atoms with Crippen molar-refractivity contribution in [2.45, 2.75) is 25.1 Å². The first-order valence-corrected chi connectivity index (χ1v) is 7.85. The Hall–Kier alpha value is -1.44. The first-order chi connectivity index (χ1) is 9.39. The van der Waals surface area contributed by atoms with E-state index < -0.39 is 21.2 Å². The van der Waals surface area contributed by atoms with Crippen LogP contribution >= 0.6 is 0 Å². The van der Waals surface area contributed by atoms with Gasteiger partial charge in [0.25, 0.3) is 0 Å². The van der Waals surface area contributed by atoms with E-state index in [1.807, 2.05) is 18.2 Å². The highest BCUT2D eigenvalue weighted by Crippen LogP contribution is 2.14. The van der Waals surface area contributed by atoms with Crippen molar-refractivity contribution >= 4 is 16.0 Å². The van der Waals surface area contributed by atoms with E-state index in [0.717, 1.165) is 5.56 Å². The Labute approximate surface area is 119 Å². The highest BCUT2D eigenvalue weighted by Gasteiger charge is 2.33. The molecule has 0 heterocycles. The number of carboxylic acid groups (broad SMARTS) is 1. The van der Waals surface area contributed by atoms with Gasteiger partial charge in [-0.1, -0.05) is 30.3 Å². The maximum absolute atomic E-state index is 12.3. The summed E-state index contributed by atoms with van der Waals surface area (Å²) in [4.78, 5) is 10.9. The van der Waals surface area contributed by atoms with Gasteiger partial charge in [-0.3, -0.25) is 4.79 Å². The highest BCUT2D eigenvalue weighted by molar-refractivity contribution is 7.90. The average Bonchev–Trinajstić information content (AvgIpc) is 2.43. The lowest BCUT2D eigenvalue weighted by molar-refractivity contribution is -0.136. The van der Waals surface area contributed by atoms with Gasteiger partial charge >= 0.3 is 5.97 Å². The van der Waals surface area contributed by atoms with E-state index in [2.05, 4.69) is 0 Å². The van der Waals surface area contributed by atoms with Gasteiger partial charge in [-0.05, 0) is 25.5 Å². The summed E-state index contributed by atoms with van der Waals surface area (Å²) in [6.07, 6.45) is 0.485. The van der Waals surface area contributed by atoms with Gasteiger partial charge in [0.2, 0.25) is 10.0 Å². The van der Waals surface area contributed by atoms with Crippen LogP contribution in [0.4, 0.5) is 0 Å². The second-order valence-corrected chi connectivity index (χ2v) is 6.74. The molecule has 20 heavy (non-hydrogen) atoms. The highest BCUT2D eigenvalue weighted by atomic mass is 32.2. The zero-order valence-corrected chi connectivity index (χ0v) is 12.2. The van der Waals surface area contributed by atoms with Gasteiger partial charge in [0, 0.05) is 13.1 Å². The Balaban J connectivity index is 2.97. The third kappa shape index (κ3) is 4.29. The van der Waals surface area contributed by atoms with Crippen molar-refractivity contribution in [3.8, 4) is 0 Å². The number of hydrogen-bond acceptors (Lipinski definition) is 4. The molecule has 7 heteroatoms. The van der Waals surface area contributed by atoms with E-state index in [4.69, 9.17) is 10.8 Å². The molecule has 6 nitrogen and oxygen atoms in total. The molecule has 0 fully saturated rings. The molecule has 0 aliphatic rings. The van der Waals surface area contributed by atoms with E-state index in [1.165, 1.54) is 11.2 Å². The molecule has 0 bridgehead atoms. The molecule has 1 unspecified atom stereocenters. The predicted molar refractivity (Wildman–Crippen MR) is 76.5 cm³/mol. The molecule has 3 N–H and O–H groups in total. The minimum Gasteiger partial charge on any atom is -0.480 e. The van der Waals surface area contributed by atoms with Crippen molar-refractivity contribution in [3.63, 3.8) is 0 Å². The van der Waals surface area contributed by atoms with Crippen molar-refractivity contribution in [2.75, 3.05) is 13.1 Å². The quantitative estimate of drug-likeness (QED) is 0.733. The summed E-state index contributed by atoms with van der Waals surface area (Å²) in [5.74, 6) is -1.35. The number of benzene rings is 1. The molecular formula is C13H20N2O4S. The summed E-state index contributed by atoms with van der Waals surface area (Å²) >= 11 is 0. The number of rotatable bonds is 8. The lowest BCUT2D eigenvalue weighted by Gasteiger charge is -2.24. The third-order valence-corrected chi connectivity index (χ3v) is 5.09. The second-order valence-electron chi connectivity index (χ2n) is 4.49. The van der Waals surface area contributed by atoms with Crippen molar-refractivity contribution in [3.05, 3.63) is 35.9 Å². The van der Waals surface area contributed by atoms with E-state index in [-0.39, 0.29) is 13.1 Å². The Morgan fingerprint density at radius 3 is 2.45 bits per heavy atom. The van der Waals surface area contributed by atoms with Crippen LogP contribution in [-0.4, -0.2) is 42.1 Å². The molecule has 112 valence electrons. The molecule has 1 aromatic rings. The van der Waals surface area contributed by atoms with Crippen LogP contribution in [0.15, 0.2) is 30.3 Å². The zero-order valence-electron chi connectivity index (χ0n) is 11.4. The van der Waals surface area contributed by atoms with Gasteiger partial charge in [0.15, 0.2) is 5.25 Å². The van der Waals surface area contributed by atoms with Crippen LogP contribution in [0.2, 0.25) is 0 Å². The summed E-state index contributed by atoms with van der Waals surface area (Å²) in [6, 6.07) is 9.06. The van der Waals surface area contributed by atoms with Gasteiger partial charge in [-0.2, -0.15) is 4.31 Å². The number of carbonyl (C=O) groups is 1. The largest absolute Gasteiger partial charge is 0.480 e. The maximum Gasteiger partial charge on any atom is 0.323 e. The molecule has 0 aliphatic heterocycles. The molecular weight excluding hydrogens is 280 g/mol. The van der Waals surface area contributed by atoms with Crippen LogP contribution in [0.5, 0.6) is 0 Å². The summed E-state index contributed by atoms with van der Waals surface area (Å²) in [5, 5.41) is 7.46. The third-order valence-electron chi connectivity index (χ3n) is 2.97. The van der Waals surface area contributed by atoms with Gasteiger partial charge in [0.05, 0.1) is 0 Å². The standard InChI is InChI=1S/C13H20N2O4S/c1-11(13(16)17)20(18,19)15(9-5-8-14)10-12-6-3-2-4-7-12/h2-4,6-7,11H,5,8-10,14H2,1H3,(H,16,17). The molecule has 0 amide bonds. The number of hydrogen-bond donors (Lipinski definition) is 2. The van der Waals surface area contributed by atoms with Crippen molar-refractivity contribution in [1.29, 1.82) is 0 Å². The second kappa shape index (κ2) is 7.37. The molecule has 0 radical (unpaired) electrons. The summed E-state index contributed by atoms with van der Waals surface area (Å²) in [6.45, 7) is 1.90. The van der Waals surface area contributed by atoms with Gasteiger partial charge in [-0.15, -0.1) is 0 Å². The zero-order chi connectivity index (χ0) is 15.2. The smallest absolute Gasteiger partial charge is 0.323 e. The Kier molecular flexibility index (Phi) is 6.12. The first kappa shape index (κ1) is 16.6. The molecule has 1 aromatic carbocycles. The molecule has 0 aromatic heterocycles. The molecule has 1 atom stereocenters. The fourth-order valence-corrected chi connectivity index (χ4v) is 3.12. The Bertz CT molecular complexity index is 531. The monoisotopic (exact) mass is 300 g/mol. The first-order valence-electron chi connectivity index (χ1n) is 6.35. The number of sulfonamides is 1. The maximum atomic E-state index is 12.3. The molecule has 0 saturated carbocycles. The van der Waals surface area contributed by atoms with Crippen molar-refractivity contribution in [1.82, 2.24) is 4.31 Å². The summed E-state index contributed by atoms with van der Waals surface area (Å²) < 4.78 is 25.8. The minimum atomic E-state index is -3.89.